The molecular formula is C14H26N2O. The van der Waals surface area contributed by atoms with Crippen LogP contribution in [-0.4, -0.2) is 36.0 Å². The normalized spacial score (nSPS) is 29.6. The molecule has 2 atom stereocenters. The Morgan fingerprint density at radius 3 is 2.88 bits per heavy atom. The first-order valence-corrected chi connectivity index (χ1v) is 7.35. The van der Waals surface area contributed by atoms with E-state index in [4.69, 9.17) is 0 Å². The van der Waals surface area contributed by atoms with Crippen molar-refractivity contribution < 1.29 is 4.79 Å². The number of amides is 1. The van der Waals surface area contributed by atoms with E-state index in [9.17, 15) is 4.79 Å². The van der Waals surface area contributed by atoms with Gasteiger partial charge in [-0.15, -0.1) is 0 Å². The van der Waals surface area contributed by atoms with Crippen molar-refractivity contribution in [1.29, 1.82) is 0 Å². The molecule has 3 nitrogen and oxygen atoms in total. The third kappa shape index (κ3) is 3.21. The Hall–Kier alpha value is -0.570. The quantitative estimate of drug-likeness (QED) is 0.815. The van der Waals surface area contributed by atoms with Crippen molar-refractivity contribution in [3.05, 3.63) is 0 Å². The molecule has 2 fully saturated rings. The first-order chi connectivity index (χ1) is 8.33. The topological polar surface area (TPSA) is 32.3 Å². The van der Waals surface area contributed by atoms with Crippen LogP contribution in [-0.2, 0) is 4.79 Å². The highest BCUT2D eigenvalue weighted by molar-refractivity contribution is 5.76. The van der Waals surface area contributed by atoms with Crippen molar-refractivity contribution in [2.24, 2.45) is 0 Å². The van der Waals surface area contributed by atoms with Crippen LogP contribution < -0.4 is 5.32 Å². The highest BCUT2D eigenvalue weighted by Gasteiger charge is 2.33. The zero-order chi connectivity index (χ0) is 12.1. The second-order valence-corrected chi connectivity index (χ2v) is 5.46. The summed E-state index contributed by atoms with van der Waals surface area (Å²) in [5, 5.41) is 3.57. The van der Waals surface area contributed by atoms with E-state index in [1.54, 1.807) is 0 Å². The molecule has 2 saturated heterocycles. The number of hydrogen-bond acceptors (Lipinski definition) is 2. The highest BCUT2D eigenvalue weighted by atomic mass is 16.2. The number of likely N-dealkylation sites (tertiary alicyclic amines) is 1. The van der Waals surface area contributed by atoms with Crippen LogP contribution in [0, 0.1) is 0 Å². The summed E-state index contributed by atoms with van der Waals surface area (Å²) in [5.41, 5.74) is 0. The zero-order valence-corrected chi connectivity index (χ0v) is 11.1. The maximum Gasteiger partial charge on any atom is 0.222 e. The monoisotopic (exact) mass is 238 g/mol. The third-order valence-electron chi connectivity index (χ3n) is 4.18. The number of nitrogens with zero attached hydrogens (tertiary/aromatic N) is 1. The Labute approximate surface area is 105 Å². The number of unbranched alkanes of at least 4 members (excludes halogenated alkanes) is 1. The fraction of sp³-hybridized carbons (Fsp3) is 0.929. The highest BCUT2D eigenvalue weighted by Crippen LogP contribution is 2.25. The molecule has 0 aromatic rings. The van der Waals surface area contributed by atoms with Gasteiger partial charge in [-0.25, -0.2) is 0 Å². The number of carbonyl (C=O) groups excluding carboxylic acids is 1. The van der Waals surface area contributed by atoms with Crippen LogP contribution in [0.5, 0.6) is 0 Å². The molecule has 2 unspecified atom stereocenters. The van der Waals surface area contributed by atoms with Gasteiger partial charge >= 0.3 is 0 Å². The number of rotatable bonds is 4. The van der Waals surface area contributed by atoms with Gasteiger partial charge in [0.05, 0.1) is 0 Å². The fourth-order valence-electron chi connectivity index (χ4n) is 3.20. The van der Waals surface area contributed by atoms with E-state index in [0.717, 1.165) is 32.4 Å². The summed E-state index contributed by atoms with van der Waals surface area (Å²) in [7, 11) is 0. The van der Waals surface area contributed by atoms with Gasteiger partial charge in [-0.2, -0.15) is 0 Å². The Morgan fingerprint density at radius 2 is 2.18 bits per heavy atom. The maximum absolute atomic E-state index is 12.2. The molecule has 2 aliphatic heterocycles. The largest absolute Gasteiger partial charge is 0.338 e. The van der Waals surface area contributed by atoms with Crippen molar-refractivity contribution in [3.8, 4) is 0 Å². The summed E-state index contributed by atoms with van der Waals surface area (Å²) >= 11 is 0. The SMILES string of the molecule is CCCCC(=O)N1CCCCC1C1CCCN1. The molecule has 1 N–H and O–H groups in total. The molecule has 2 heterocycles. The van der Waals surface area contributed by atoms with Gasteiger partial charge in [0.25, 0.3) is 0 Å². The smallest absolute Gasteiger partial charge is 0.222 e. The molecular weight excluding hydrogens is 212 g/mol. The first kappa shape index (κ1) is 12.9. The van der Waals surface area contributed by atoms with Gasteiger partial charge in [-0.1, -0.05) is 13.3 Å². The van der Waals surface area contributed by atoms with E-state index in [2.05, 4.69) is 17.1 Å². The van der Waals surface area contributed by atoms with Crippen molar-refractivity contribution in [2.45, 2.75) is 70.4 Å². The van der Waals surface area contributed by atoms with Crippen LogP contribution in [0.3, 0.4) is 0 Å². The molecule has 3 heteroatoms. The van der Waals surface area contributed by atoms with Crippen LogP contribution in [0.4, 0.5) is 0 Å². The Kier molecular flexibility index (Phi) is 4.84. The standard InChI is InChI=1S/C14H26N2O/c1-2-3-9-14(17)16-11-5-4-8-13(16)12-7-6-10-15-12/h12-13,15H,2-11H2,1H3. The first-order valence-electron chi connectivity index (χ1n) is 7.35. The Morgan fingerprint density at radius 1 is 1.29 bits per heavy atom. The van der Waals surface area contributed by atoms with E-state index < -0.39 is 0 Å². The molecule has 0 saturated carbocycles. The maximum atomic E-state index is 12.2. The van der Waals surface area contributed by atoms with Crippen LogP contribution in [0.1, 0.15) is 58.3 Å². The van der Waals surface area contributed by atoms with Crippen molar-refractivity contribution >= 4 is 5.91 Å². The second kappa shape index (κ2) is 6.39. The van der Waals surface area contributed by atoms with Crippen LogP contribution in [0.2, 0.25) is 0 Å². The average molecular weight is 238 g/mol. The average Bonchev–Trinajstić information content (AvgIpc) is 2.89. The molecule has 0 spiro atoms. The summed E-state index contributed by atoms with van der Waals surface area (Å²) in [4.78, 5) is 14.4. The van der Waals surface area contributed by atoms with Crippen molar-refractivity contribution in [1.82, 2.24) is 10.2 Å². The summed E-state index contributed by atoms with van der Waals surface area (Å²) in [6, 6.07) is 1.05. The minimum atomic E-state index is 0.394. The van der Waals surface area contributed by atoms with Gasteiger partial charge in [0, 0.05) is 25.0 Å². The molecule has 0 aromatic carbocycles. The zero-order valence-electron chi connectivity index (χ0n) is 11.1. The second-order valence-electron chi connectivity index (χ2n) is 5.46. The lowest BCUT2D eigenvalue weighted by atomic mass is 9.94. The van der Waals surface area contributed by atoms with E-state index in [1.165, 1.54) is 32.1 Å². The fourth-order valence-corrected chi connectivity index (χ4v) is 3.20. The molecule has 0 aromatic heterocycles. The van der Waals surface area contributed by atoms with Crippen LogP contribution in [0.15, 0.2) is 0 Å². The predicted octanol–water partition coefficient (Wildman–Crippen LogP) is 2.31. The summed E-state index contributed by atoms with van der Waals surface area (Å²) in [5.74, 6) is 0.394. The van der Waals surface area contributed by atoms with E-state index in [-0.39, 0.29) is 0 Å². The molecule has 2 rings (SSSR count). The molecule has 98 valence electrons. The van der Waals surface area contributed by atoms with E-state index in [0.29, 0.717) is 18.0 Å². The summed E-state index contributed by atoms with van der Waals surface area (Å²) in [6.07, 6.45) is 9.13. The van der Waals surface area contributed by atoms with Gasteiger partial charge in [0.2, 0.25) is 5.91 Å². The minimum Gasteiger partial charge on any atom is -0.338 e. The third-order valence-corrected chi connectivity index (χ3v) is 4.18. The van der Waals surface area contributed by atoms with Gasteiger partial charge < -0.3 is 10.2 Å². The summed E-state index contributed by atoms with van der Waals surface area (Å²) in [6.45, 7) is 4.28. The van der Waals surface area contributed by atoms with Crippen molar-refractivity contribution in [2.75, 3.05) is 13.1 Å². The number of nitrogens with one attached hydrogen (secondary N) is 1. The van der Waals surface area contributed by atoms with Crippen LogP contribution in [0.25, 0.3) is 0 Å². The lowest BCUT2D eigenvalue weighted by molar-refractivity contribution is -0.135. The van der Waals surface area contributed by atoms with Gasteiger partial charge in [-0.05, 0) is 45.1 Å². The minimum absolute atomic E-state index is 0.394. The summed E-state index contributed by atoms with van der Waals surface area (Å²) < 4.78 is 0. The van der Waals surface area contributed by atoms with E-state index in [1.807, 2.05) is 0 Å². The van der Waals surface area contributed by atoms with Gasteiger partial charge in [-0.3, -0.25) is 4.79 Å². The van der Waals surface area contributed by atoms with Crippen LogP contribution >= 0.6 is 0 Å². The Bertz CT molecular complexity index is 249. The number of carbonyl (C=O) groups is 1. The Balaban J connectivity index is 1.93. The van der Waals surface area contributed by atoms with Gasteiger partial charge in [0.1, 0.15) is 0 Å². The van der Waals surface area contributed by atoms with Crippen molar-refractivity contribution in [3.63, 3.8) is 0 Å². The number of hydrogen-bond donors (Lipinski definition) is 1. The molecule has 17 heavy (non-hydrogen) atoms. The molecule has 1 amide bonds. The lowest BCUT2D eigenvalue weighted by Gasteiger charge is -2.39. The van der Waals surface area contributed by atoms with Gasteiger partial charge in [0.15, 0.2) is 0 Å². The molecule has 0 radical (unpaired) electrons. The van der Waals surface area contributed by atoms with E-state index >= 15 is 0 Å². The molecule has 0 aliphatic carbocycles. The lowest BCUT2D eigenvalue weighted by Crippen LogP contribution is -2.52. The molecule has 2 aliphatic rings. The number of piperidine rings is 1. The predicted molar refractivity (Wildman–Crippen MR) is 69.9 cm³/mol. The molecule has 0 bridgehead atoms.